The van der Waals surface area contributed by atoms with Crippen molar-refractivity contribution in [3.63, 3.8) is 0 Å². The number of aliphatic imine (C=N–C) groups is 1. The summed E-state index contributed by atoms with van der Waals surface area (Å²) in [4.78, 5) is 4.72. The zero-order chi connectivity index (χ0) is 14.9. The average molecular weight is 335 g/mol. The smallest absolute Gasteiger partial charge is 0.161 e. The van der Waals surface area contributed by atoms with E-state index in [0.717, 1.165) is 17.3 Å². The Balaban J connectivity index is 2.19. The minimum Gasteiger partial charge on any atom is -0.335 e. The molecular formula is C14H17Cl2FN2S. The second-order valence-corrected chi connectivity index (χ2v) is 7.73. The topological polar surface area (TPSA) is 24.4 Å². The van der Waals surface area contributed by atoms with Crippen molar-refractivity contribution in [1.82, 2.24) is 0 Å². The Kier molecular flexibility index (Phi) is 4.88. The first-order chi connectivity index (χ1) is 9.27. The molecule has 1 unspecified atom stereocenters. The standard InChI is InChI=1S/C14H17Cl2FN2S/c1-14(2,3)11-4-5-20-13(19-11)18-8-6-9(15)12(17)10(16)7-8/h6-7,11H,4-5H2,1-3H3,(H,18,19). The van der Waals surface area contributed by atoms with Crippen LogP contribution in [0.15, 0.2) is 17.1 Å². The number of hydrogen-bond donors (Lipinski definition) is 1. The van der Waals surface area contributed by atoms with Crippen LogP contribution in [0.4, 0.5) is 10.1 Å². The van der Waals surface area contributed by atoms with Crippen molar-refractivity contribution in [3.05, 3.63) is 28.0 Å². The van der Waals surface area contributed by atoms with Crippen molar-refractivity contribution < 1.29 is 4.39 Å². The van der Waals surface area contributed by atoms with Gasteiger partial charge in [-0.25, -0.2) is 4.39 Å². The molecule has 20 heavy (non-hydrogen) atoms. The molecule has 0 saturated carbocycles. The number of amidine groups is 1. The van der Waals surface area contributed by atoms with Crippen LogP contribution in [0, 0.1) is 11.2 Å². The Morgan fingerprint density at radius 2 is 1.90 bits per heavy atom. The highest BCUT2D eigenvalue weighted by atomic mass is 35.5. The van der Waals surface area contributed by atoms with Crippen LogP contribution in [-0.2, 0) is 0 Å². The Bertz CT molecular complexity index is 517. The first-order valence-electron chi connectivity index (χ1n) is 6.39. The van der Waals surface area contributed by atoms with E-state index >= 15 is 0 Å². The monoisotopic (exact) mass is 334 g/mol. The van der Waals surface area contributed by atoms with Gasteiger partial charge in [-0.05, 0) is 24.0 Å². The molecule has 1 aromatic rings. The summed E-state index contributed by atoms with van der Waals surface area (Å²) >= 11 is 13.2. The fraction of sp³-hybridized carbons (Fsp3) is 0.500. The molecule has 2 nitrogen and oxygen atoms in total. The molecule has 1 atom stereocenters. The van der Waals surface area contributed by atoms with Crippen LogP contribution >= 0.6 is 35.0 Å². The third kappa shape index (κ3) is 3.80. The summed E-state index contributed by atoms with van der Waals surface area (Å²) < 4.78 is 13.4. The van der Waals surface area contributed by atoms with E-state index < -0.39 is 5.82 Å². The van der Waals surface area contributed by atoms with Gasteiger partial charge in [0.2, 0.25) is 0 Å². The summed E-state index contributed by atoms with van der Waals surface area (Å²) in [5, 5.41) is 4.01. The van der Waals surface area contributed by atoms with Crippen molar-refractivity contribution in [2.45, 2.75) is 33.2 Å². The first-order valence-corrected chi connectivity index (χ1v) is 8.13. The molecule has 2 rings (SSSR count). The number of hydrogen-bond acceptors (Lipinski definition) is 3. The number of thioether (sulfide) groups is 1. The van der Waals surface area contributed by atoms with Gasteiger partial charge >= 0.3 is 0 Å². The van der Waals surface area contributed by atoms with Gasteiger partial charge in [-0.15, -0.1) is 0 Å². The van der Waals surface area contributed by atoms with Gasteiger partial charge in [0.05, 0.1) is 16.1 Å². The lowest BCUT2D eigenvalue weighted by atomic mass is 9.85. The van der Waals surface area contributed by atoms with E-state index in [1.54, 1.807) is 11.8 Å². The Morgan fingerprint density at radius 3 is 2.45 bits per heavy atom. The Labute approximate surface area is 133 Å². The van der Waals surface area contributed by atoms with Gasteiger partial charge < -0.3 is 5.32 Å². The van der Waals surface area contributed by atoms with E-state index in [4.69, 9.17) is 28.2 Å². The molecule has 0 aliphatic carbocycles. The van der Waals surface area contributed by atoms with Gasteiger partial charge in [-0.3, -0.25) is 4.99 Å². The summed E-state index contributed by atoms with van der Waals surface area (Å²) in [5.74, 6) is 0.417. The molecule has 0 bridgehead atoms. The van der Waals surface area contributed by atoms with Gasteiger partial charge in [-0.2, -0.15) is 0 Å². The second kappa shape index (κ2) is 6.12. The SMILES string of the molecule is CC(C)(C)C1CCSC(Nc2cc(Cl)c(F)c(Cl)c2)=N1. The van der Waals surface area contributed by atoms with E-state index in [1.807, 2.05) is 0 Å². The maximum atomic E-state index is 13.4. The molecule has 110 valence electrons. The van der Waals surface area contributed by atoms with E-state index in [-0.39, 0.29) is 21.5 Å². The van der Waals surface area contributed by atoms with Crippen molar-refractivity contribution >= 4 is 45.8 Å². The number of nitrogens with one attached hydrogen (secondary N) is 1. The summed E-state index contributed by atoms with van der Waals surface area (Å²) in [5.41, 5.74) is 0.786. The van der Waals surface area contributed by atoms with Crippen molar-refractivity contribution in [1.29, 1.82) is 0 Å². The minimum atomic E-state index is -0.593. The molecule has 1 aromatic carbocycles. The maximum Gasteiger partial charge on any atom is 0.161 e. The number of halogens is 3. The number of anilines is 1. The predicted molar refractivity (Wildman–Crippen MR) is 87.8 cm³/mol. The molecule has 1 aliphatic heterocycles. The van der Waals surface area contributed by atoms with Crippen molar-refractivity contribution in [3.8, 4) is 0 Å². The van der Waals surface area contributed by atoms with E-state index in [9.17, 15) is 4.39 Å². The summed E-state index contributed by atoms with van der Waals surface area (Å²) in [6, 6.07) is 3.32. The maximum absolute atomic E-state index is 13.4. The zero-order valence-electron chi connectivity index (χ0n) is 11.6. The number of rotatable bonds is 1. The van der Waals surface area contributed by atoms with Crippen LogP contribution in [0.2, 0.25) is 10.0 Å². The third-order valence-corrected chi connectivity index (χ3v) is 4.61. The minimum absolute atomic E-state index is 0.00813. The fourth-order valence-electron chi connectivity index (χ4n) is 1.96. The Hall–Kier alpha value is -0.450. The zero-order valence-corrected chi connectivity index (χ0v) is 14.0. The van der Waals surface area contributed by atoms with Crippen LogP contribution in [0.5, 0.6) is 0 Å². The first kappa shape index (κ1) is 15.9. The van der Waals surface area contributed by atoms with Crippen LogP contribution in [0.3, 0.4) is 0 Å². The van der Waals surface area contributed by atoms with Crippen LogP contribution < -0.4 is 5.32 Å². The Morgan fingerprint density at radius 1 is 1.30 bits per heavy atom. The van der Waals surface area contributed by atoms with E-state index in [1.165, 1.54) is 12.1 Å². The van der Waals surface area contributed by atoms with Crippen LogP contribution in [-0.4, -0.2) is 17.0 Å². The van der Waals surface area contributed by atoms with E-state index in [0.29, 0.717) is 5.69 Å². The normalized spacial score (nSPS) is 19.7. The van der Waals surface area contributed by atoms with Gasteiger partial charge in [-0.1, -0.05) is 55.7 Å². The van der Waals surface area contributed by atoms with Gasteiger partial charge in [0.25, 0.3) is 0 Å². The highest BCUT2D eigenvalue weighted by Gasteiger charge is 2.27. The highest BCUT2D eigenvalue weighted by molar-refractivity contribution is 8.14. The number of nitrogens with zero attached hydrogens (tertiary/aromatic N) is 1. The summed E-state index contributed by atoms with van der Waals surface area (Å²) in [6.07, 6.45) is 1.06. The molecule has 0 spiro atoms. The molecule has 0 amide bonds. The molecule has 0 aromatic heterocycles. The molecular weight excluding hydrogens is 318 g/mol. The third-order valence-electron chi connectivity index (χ3n) is 3.14. The van der Waals surface area contributed by atoms with Crippen LogP contribution in [0.1, 0.15) is 27.2 Å². The van der Waals surface area contributed by atoms with Crippen molar-refractivity contribution in [2.24, 2.45) is 10.4 Å². The summed E-state index contributed by atoms with van der Waals surface area (Å²) in [7, 11) is 0. The largest absolute Gasteiger partial charge is 0.335 e. The lowest BCUT2D eigenvalue weighted by Crippen LogP contribution is -2.30. The van der Waals surface area contributed by atoms with Gasteiger partial charge in [0.15, 0.2) is 11.0 Å². The van der Waals surface area contributed by atoms with Crippen LogP contribution in [0.25, 0.3) is 0 Å². The quantitative estimate of drug-likeness (QED) is 0.690. The molecule has 6 heteroatoms. The molecule has 0 saturated heterocycles. The lowest BCUT2D eigenvalue weighted by Gasteiger charge is -2.31. The molecule has 0 radical (unpaired) electrons. The molecule has 1 aliphatic rings. The molecule has 1 N–H and O–H groups in total. The average Bonchev–Trinajstić information content (AvgIpc) is 2.35. The van der Waals surface area contributed by atoms with Gasteiger partial charge in [0.1, 0.15) is 0 Å². The van der Waals surface area contributed by atoms with Gasteiger partial charge in [0, 0.05) is 11.4 Å². The summed E-state index contributed by atoms with van der Waals surface area (Å²) in [6.45, 7) is 6.54. The second-order valence-electron chi connectivity index (χ2n) is 5.83. The van der Waals surface area contributed by atoms with E-state index in [2.05, 4.69) is 26.1 Å². The number of benzene rings is 1. The predicted octanol–water partition coefficient (Wildman–Crippen LogP) is 5.45. The lowest BCUT2D eigenvalue weighted by molar-refractivity contribution is 0.316. The van der Waals surface area contributed by atoms with Crippen molar-refractivity contribution in [2.75, 3.05) is 11.1 Å². The fourth-order valence-corrected chi connectivity index (χ4v) is 3.37. The highest BCUT2D eigenvalue weighted by Crippen LogP contribution is 2.32. The molecule has 0 fully saturated rings. The molecule has 1 heterocycles.